The molecule has 0 radical (unpaired) electrons. The van der Waals surface area contributed by atoms with Crippen LogP contribution >= 0.6 is 11.6 Å². The summed E-state index contributed by atoms with van der Waals surface area (Å²) in [5.41, 5.74) is 5.88. The maximum atomic E-state index is 12.7. The zero-order valence-electron chi connectivity index (χ0n) is 13.0. The van der Waals surface area contributed by atoms with Gasteiger partial charge < -0.3 is 15.2 Å². The third-order valence-corrected chi connectivity index (χ3v) is 3.88. The molecule has 130 valence electrons. The topological polar surface area (TPSA) is 57.4 Å². The van der Waals surface area contributed by atoms with E-state index >= 15 is 0 Å². The van der Waals surface area contributed by atoms with E-state index in [0.717, 1.165) is 12.3 Å². The lowest BCUT2D eigenvalue weighted by molar-refractivity contribution is -0.137. The van der Waals surface area contributed by atoms with E-state index < -0.39 is 17.7 Å². The molecule has 0 bridgehead atoms. The van der Waals surface area contributed by atoms with Crippen molar-refractivity contribution < 1.29 is 22.6 Å². The molecule has 1 atom stereocenters. The minimum atomic E-state index is -4.50. The fourth-order valence-corrected chi connectivity index (χ4v) is 2.63. The summed E-state index contributed by atoms with van der Waals surface area (Å²) in [5.74, 6) is 0.541. The van der Waals surface area contributed by atoms with Crippen molar-refractivity contribution >= 4 is 11.6 Å². The van der Waals surface area contributed by atoms with Crippen LogP contribution in [0.5, 0.6) is 11.5 Å². The predicted molar refractivity (Wildman–Crippen MR) is 84.7 cm³/mol. The van der Waals surface area contributed by atoms with Crippen molar-refractivity contribution in [2.75, 3.05) is 20.8 Å². The monoisotopic (exact) mass is 360 g/mol. The number of aromatic nitrogens is 1. The molecular weight excluding hydrogens is 345 g/mol. The van der Waals surface area contributed by atoms with Crippen molar-refractivity contribution in [1.29, 1.82) is 0 Å². The van der Waals surface area contributed by atoms with Gasteiger partial charge >= 0.3 is 6.18 Å². The van der Waals surface area contributed by atoms with Crippen molar-refractivity contribution in [3.63, 3.8) is 0 Å². The van der Waals surface area contributed by atoms with Crippen LogP contribution in [0.3, 0.4) is 0 Å². The molecule has 0 saturated heterocycles. The van der Waals surface area contributed by atoms with Gasteiger partial charge in [0.15, 0.2) is 11.5 Å². The molecule has 0 spiro atoms. The molecule has 1 aromatic heterocycles. The minimum absolute atomic E-state index is 0.0879. The van der Waals surface area contributed by atoms with Gasteiger partial charge in [-0.2, -0.15) is 13.2 Å². The lowest BCUT2D eigenvalue weighted by Gasteiger charge is -2.19. The van der Waals surface area contributed by atoms with Gasteiger partial charge in [-0.1, -0.05) is 17.7 Å². The first-order valence-electron chi connectivity index (χ1n) is 6.96. The SMILES string of the molecule is COc1ccc(C(CN)c2ncc(C(F)(F)F)cc2Cl)cc1OC. The summed E-state index contributed by atoms with van der Waals surface area (Å²) in [6.45, 7) is 0.119. The summed E-state index contributed by atoms with van der Waals surface area (Å²) >= 11 is 6.02. The average molecular weight is 361 g/mol. The lowest BCUT2D eigenvalue weighted by Crippen LogP contribution is -2.17. The van der Waals surface area contributed by atoms with E-state index in [1.165, 1.54) is 14.2 Å². The van der Waals surface area contributed by atoms with Gasteiger partial charge in [0.2, 0.25) is 0 Å². The molecule has 4 nitrogen and oxygen atoms in total. The Kier molecular flexibility index (Phi) is 5.56. The summed E-state index contributed by atoms with van der Waals surface area (Å²) in [6.07, 6.45) is -3.75. The molecule has 0 aliphatic rings. The number of hydrogen-bond acceptors (Lipinski definition) is 4. The Bertz CT molecular complexity index is 723. The molecule has 0 saturated carbocycles. The summed E-state index contributed by atoms with van der Waals surface area (Å²) in [4.78, 5) is 3.89. The number of alkyl halides is 3. The fraction of sp³-hybridized carbons (Fsp3) is 0.312. The maximum Gasteiger partial charge on any atom is 0.417 e. The number of nitrogens with zero attached hydrogens (tertiary/aromatic N) is 1. The quantitative estimate of drug-likeness (QED) is 0.879. The van der Waals surface area contributed by atoms with E-state index in [9.17, 15) is 13.2 Å². The van der Waals surface area contributed by atoms with Crippen molar-refractivity contribution in [3.05, 3.63) is 52.3 Å². The van der Waals surface area contributed by atoms with Crippen LogP contribution in [0.15, 0.2) is 30.5 Å². The molecule has 1 aromatic carbocycles. The number of methoxy groups -OCH3 is 2. The van der Waals surface area contributed by atoms with Crippen LogP contribution < -0.4 is 15.2 Å². The van der Waals surface area contributed by atoms with E-state index in [1.807, 2.05) is 0 Å². The van der Waals surface area contributed by atoms with Crippen molar-refractivity contribution in [2.24, 2.45) is 5.73 Å². The first kappa shape index (κ1) is 18.4. The number of ether oxygens (including phenoxy) is 2. The second kappa shape index (κ2) is 7.27. The van der Waals surface area contributed by atoms with Gasteiger partial charge in [-0.15, -0.1) is 0 Å². The average Bonchev–Trinajstić information content (AvgIpc) is 2.55. The van der Waals surface area contributed by atoms with Crippen LogP contribution in [-0.2, 0) is 6.18 Å². The molecule has 2 aromatic rings. The first-order valence-corrected chi connectivity index (χ1v) is 7.34. The Balaban J connectivity index is 2.45. The third kappa shape index (κ3) is 3.73. The molecule has 1 heterocycles. The van der Waals surface area contributed by atoms with Gasteiger partial charge in [0.1, 0.15) is 0 Å². The van der Waals surface area contributed by atoms with E-state index in [2.05, 4.69) is 4.98 Å². The Morgan fingerprint density at radius 1 is 1.17 bits per heavy atom. The number of benzene rings is 1. The number of pyridine rings is 1. The smallest absolute Gasteiger partial charge is 0.417 e. The van der Waals surface area contributed by atoms with E-state index in [1.54, 1.807) is 18.2 Å². The number of nitrogens with two attached hydrogens (primary N) is 1. The van der Waals surface area contributed by atoms with E-state index in [4.69, 9.17) is 26.8 Å². The summed E-state index contributed by atoms with van der Waals surface area (Å²) in [6, 6.07) is 5.99. The number of rotatable bonds is 5. The van der Waals surface area contributed by atoms with Crippen molar-refractivity contribution in [2.45, 2.75) is 12.1 Å². The van der Waals surface area contributed by atoms with Crippen LogP contribution in [-0.4, -0.2) is 25.7 Å². The van der Waals surface area contributed by atoms with Gasteiger partial charge in [0, 0.05) is 18.7 Å². The van der Waals surface area contributed by atoms with Gasteiger partial charge in [0.25, 0.3) is 0 Å². The van der Waals surface area contributed by atoms with Crippen molar-refractivity contribution in [3.8, 4) is 11.5 Å². The molecule has 2 N–H and O–H groups in total. The van der Waals surface area contributed by atoms with Crippen LogP contribution in [0.25, 0.3) is 0 Å². The highest BCUT2D eigenvalue weighted by atomic mass is 35.5. The zero-order chi connectivity index (χ0) is 17.9. The van der Waals surface area contributed by atoms with Gasteiger partial charge in [-0.25, -0.2) is 0 Å². The second-order valence-electron chi connectivity index (χ2n) is 4.99. The van der Waals surface area contributed by atoms with Crippen LogP contribution in [0.1, 0.15) is 22.7 Å². The van der Waals surface area contributed by atoms with Gasteiger partial charge in [-0.05, 0) is 23.8 Å². The van der Waals surface area contributed by atoms with Crippen LogP contribution in [0.2, 0.25) is 5.02 Å². The van der Waals surface area contributed by atoms with Crippen molar-refractivity contribution in [1.82, 2.24) is 4.98 Å². The van der Waals surface area contributed by atoms with Crippen LogP contribution in [0, 0.1) is 0 Å². The molecule has 0 aliphatic carbocycles. The molecule has 2 rings (SSSR count). The molecule has 24 heavy (non-hydrogen) atoms. The van der Waals surface area contributed by atoms with Crippen LogP contribution in [0.4, 0.5) is 13.2 Å². The Labute approximate surface area is 142 Å². The maximum absolute atomic E-state index is 12.7. The highest BCUT2D eigenvalue weighted by Gasteiger charge is 2.32. The zero-order valence-corrected chi connectivity index (χ0v) is 13.8. The molecule has 0 aliphatic heterocycles. The highest BCUT2D eigenvalue weighted by molar-refractivity contribution is 6.31. The highest BCUT2D eigenvalue weighted by Crippen LogP contribution is 2.36. The largest absolute Gasteiger partial charge is 0.493 e. The third-order valence-electron chi connectivity index (χ3n) is 3.57. The number of hydrogen-bond donors (Lipinski definition) is 1. The standard InChI is InChI=1S/C16H16ClF3N2O2/c1-23-13-4-3-9(5-14(13)24-2)11(7-21)15-12(17)6-10(8-22-15)16(18,19)20/h3-6,8,11H,7,21H2,1-2H3. The summed E-state index contributed by atoms with van der Waals surface area (Å²) in [7, 11) is 2.99. The molecule has 0 fully saturated rings. The summed E-state index contributed by atoms with van der Waals surface area (Å²) < 4.78 is 48.6. The van der Waals surface area contributed by atoms with Gasteiger partial charge in [0.05, 0.1) is 30.5 Å². The predicted octanol–water partition coefficient (Wildman–Crippen LogP) is 3.86. The first-order chi connectivity index (χ1) is 11.3. The normalized spacial score (nSPS) is 12.8. The molecule has 1 unspecified atom stereocenters. The molecular formula is C16H16ClF3N2O2. The molecule has 0 amide bonds. The lowest BCUT2D eigenvalue weighted by atomic mass is 9.94. The Hall–Kier alpha value is -1.99. The number of halogens is 4. The minimum Gasteiger partial charge on any atom is -0.493 e. The second-order valence-corrected chi connectivity index (χ2v) is 5.40. The fourth-order valence-electron chi connectivity index (χ4n) is 2.34. The van der Waals surface area contributed by atoms with E-state index in [-0.39, 0.29) is 17.3 Å². The molecule has 8 heteroatoms. The Morgan fingerprint density at radius 3 is 2.33 bits per heavy atom. The Morgan fingerprint density at radius 2 is 1.83 bits per heavy atom. The van der Waals surface area contributed by atoms with Gasteiger partial charge in [-0.3, -0.25) is 4.98 Å². The van der Waals surface area contributed by atoms with E-state index in [0.29, 0.717) is 17.1 Å². The summed E-state index contributed by atoms with van der Waals surface area (Å²) in [5, 5.41) is -0.0879.